The van der Waals surface area contributed by atoms with Crippen molar-refractivity contribution in [1.82, 2.24) is 18.3 Å². The summed E-state index contributed by atoms with van der Waals surface area (Å²) in [6.07, 6.45) is 0. The van der Waals surface area contributed by atoms with Crippen molar-refractivity contribution in [2.24, 2.45) is 0 Å². The molecule has 83 heavy (non-hydrogen) atoms. The Morgan fingerprint density at radius 3 is 1.07 bits per heavy atom. The lowest BCUT2D eigenvalue weighted by molar-refractivity contribution is 1.14. The van der Waals surface area contributed by atoms with Gasteiger partial charge in [-0.3, -0.25) is 0 Å². The SMILES string of the molecule is c1cc2c3c(c1)-n1c4c(cc(-n5c6ccccc6c6ccccc65)cc4c4ccc5c6ccccc6c6ccccc6c5c41)B3c1cc(-n3c4ccccc4c4ccccc43)cc3c4c5c6ccccc6c6ccccc6c5ccc4n-2c13. The molecule has 0 atom stereocenters. The Balaban J connectivity index is 1.00. The van der Waals surface area contributed by atoms with E-state index in [2.05, 4.69) is 279 Å². The molecule has 6 heterocycles. The zero-order chi connectivity index (χ0) is 53.5. The van der Waals surface area contributed by atoms with Crippen LogP contribution in [0.3, 0.4) is 0 Å². The molecular formula is C78H43BN4. The first-order valence-corrected chi connectivity index (χ1v) is 29.0. The van der Waals surface area contributed by atoms with E-state index in [0.717, 1.165) is 5.69 Å². The van der Waals surface area contributed by atoms with Crippen LogP contribution in [-0.2, 0) is 0 Å². The first-order chi connectivity index (χ1) is 41.2. The van der Waals surface area contributed by atoms with Crippen LogP contribution < -0.4 is 16.4 Å². The molecular weight excluding hydrogens is 1000 g/mol. The molecule has 0 radical (unpaired) electrons. The third kappa shape index (κ3) is 5.14. The van der Waals surface area contributed by atoms with Crippen LogP contribution in [0.4, 0.5) is 0 Å². The van der Waals surface area contributed by atoms with Crippen molar-refractivity contribution >= 4 is 175 Å². The number of hydrogen-bond donors (Lipinski definition) is 0. The van der Waals surface area contributed by atoms with Crippen LogP contribution in [0.25, 0.3) is 175 Å². The molecule has 15 aromatic carbocycles. The van der Waals surface area contributed by atoms with Crippen molar-refractivity contribution in [1.29, 1.82) is 0 Å². The number of aromatic nitrogens is 4. The molecule has 0 N–H and O–H groups in total. The van der Waals surface area contributed by atoms with Gasteiger partial charge in [0.2, 0.25) is 0 Å². The van der Waals surface area contributed by atoms with E-state index in [9.17, 15) is 0 Å². The van der Waals surface area contributed by atoms with E-state index in [1.54, 1.807) is 0 Å². The van der Waals surface area contributed by atoms with Crippen molar-refractivity contribution in [2.75, 3.05) is 0 Å². The molecule has 0 spiro atoms. The molecule has 21 rings (SSSR count). The molecule has 0 amide bonds. The number of fused-ring (bicyclic) bond motifs is 30. The van der Waals surface area contributed by atoms with Gasteiger partial charge in [0, 0.05) is 87.6 Å². The van der Waals surface area contributed by atoms with Gasteiger partial charge >= 0.3 is 0 Å². The first-order valence-electron chi connectivity index (χ1n) is 29.0. The van der Waals surface area contributed by atoms with Crippen LogP contribution in [0.5, 0.6) is 0 Å². The van der Waals surface area contributed by atoms with E-state index < -0.39 is 0 Å². The number of nitrogens with zero attached hydrogens (tertiary/aromatic N) is 4. The van der Waals surface area contributed by atoms with Crippen molar-refractivity contribution in [3.05, 3.63) is 261 Å². The van der Waals surface area contributed by atoms with E-state index in [-0.39, 0.29) is 6.71 Å². The Morgan fingerprint density at radius 1 is 0.205 bits per heavy atom. The number of hydrogen-bond acceptors (Lipinski definition) is 0. The van der Waals surface area contributed by atoms with E-state index in [1.807, 2.05) is 0 Å². The van der Waals surface area contributed by atoms with Crippen LogP contribution in [-0.4, -0.2) is 25.0 Å². The second kappa shape index (κ2) is 15.1. The van der Waals surface area contributed by atoms with Crippen LogP contribution in [0.2, 0.25) is 0 Å². The number of rotatable bonds is 2. The average Bonchev–Trinajstić information content (AvgIpc) is 1.73. The number of para-hydroxylation sites is 4. The second-order valence-corrected chi connectivity index (χ2v) is 23.4. The summed E-state index contributed by atoms with van der Waals surface area (Å²) >= 11 is 0. The Labute approximate surface area is 474 Å². The maximum Gasteiger partial charge on any atom is 0.252 e. The smallest absolute Gasteiger partial charge is 0.252 e. The van der Waals surface area contributed by atoms with Gasteiger partial charge in [0.05, 0.1) is 33.1 Å². The molecule has 0 unspecified atom stereocenters. The quantitative estimate of drug-likeness (QED) is 0.121. The lowest BCUT2D eigenvalue weighted by Gasteiger charge is -2.34. The van der Waals surface area contributed by atoms with Crippen molar-refractivity contribution in [2.45, 2.75) is 0 Å². The first kappa shape index (κ1) is 43.0. The van der Waals surface area contributed by atoms with E-state index >= 15 is 0 Å². The van der Waals surface area contributed by atoms with Crippen LogP contribution in [0, 0.1) is 0 Å². The Hall–Kier alpha value is -10.9. The topological polar surface area (TPSA) is 19.7 Å². The van der Waals surface area contributed by atoms with Gasteiger partial charge < -0.3 is 18.3 Å². The van der Waals surface area contributed by atoms with Gasteiger partial charge in [-0.2, -0.15) is 0 Å². The standard InChI is InChI=1S/C78H43BN4/c1-3-22-50-46(18-1)48-20-5-7-28-56(48)72-58(50)38-39-69-74(72)62-41-45(81-67-32-15-11-26-54(67)55-27-12-16-33-68(55)81)43-64-77(62)82(69)70-34-17-35-71-75(70)79(64)63-42-44(80-65-30-13-9-24-52(65)53-25-10-14-31-66(53)80)40-61-60-37-36-59-51-23-4-2-19-47(51)49-21-6-8-29-57(49)73(59)78(60)83(71)76(61)63/h1-43H. The molecule has 4 aromatic heterocycles. The largest absolute Gasteiger partial charge is 0.310 e. The highest BCUT2D eigenvalue weighted by molar-refractivity contribution is 7.00. The summed E-state index contributed by atoms with van der Waals surface area (Å²) in [4.78, 5) is 0. The van der Waals surface area contributed by atoms with Crippen LogP contribution >= 0.6 is 0 Å². The molecule has 378 valence electrons. The molecule has 19 aromatic rings. The lowest BCUT2D eigenvalue weighted by Crippen LogP contribution is -2.59. The molecule has 2 aliphatic rings. The summed E-state index contributed by atoms with van der Waals surface area (Å²) in [5.41, 5.74) is 18.6. The van der Waals surface area contributed by atoms with Gasteiger partial charge in [-0.1, -0.05) is 194 Å². The van der Waals surface area contributed by atoms with E-state index in [0.29, 0.717) is 0 Å². The van der Waals surface area contributed by atoms with Gasteiger partial charge in [0.1, 0.15) is 0 Å². The van der Waals surface area contributed by atoms with Gasteiger partial charge in [-0.05, 0) is 137 Å². The highest BCUT2D eigenvalue weighted by Crippen LogP contribution is 2.49. The van der Waals surface area contributed by atoms with Crippen LogP contribution in [0.1, 0.15) is 0 Å². The zero-order valence-electron chi connectivity index (χ0n) is 44.7. The zero-order valence-corrected chi connectivity index (χ0v) is 44.7. The van der Waals surface area contributed by atoms with E-state index in [1.165, 1.54) is 185 Å². The molecule has 5 heteroatoms. The van der Waals surface area contributed by atoms with Crippen LogP contribution in [0.15, 0.2) is 261 Å². The molecule has 0 saturated heterocycles. The van der Waals surface area contributed by atoms with Gasteiger partial charge in [-0.25, -0.2) is 0 Å². The Morgan fingerprint density at radius 2 is 0.566 bits per heavy atom. The highest BCUT2D eigenvalue weighted by atomic mass is 15.0. The van der Waals surface area contributed by atoms with Crippen molar-refractivity contribution in [3.8, 4) is 22.7 Å². The van der Waals surface area contributed by atoms with Gasteiger partial charge in [0.25, 0.3) is 6.71 Å². The minimum atomic E-state index is -0.145. The molecule has 0 fully saturated rings. The molecule has 0 saturated carbocycles. The average molecular weight is 1050 g/mol. The Kier molecular flexibility index (Phi) is 7.83. The highest BCUT2D eigenvalue weighted by Gasteiger charge is 2.42. The third-order valence-electron chi connectivity index (χ3n) is 19.6. The minimum Gasteiger partial charge on any atom is -0.310 e. The van der Waals surface area contributed by atoms with Crippen molar-refractivity contribution in [3.63, 3.8) is 0 Å². The summed E-state index contributed by atoms with van der Waals surface area (Å²) in [7, 11) is 0. The van der Waals surface area contributed by atoms with Crippen molar-refractivity contribution < 1.29 is 0 Å². The Bertz CT molecular complexity index is 6070. The van der Waals surface area contributed by atoms with Gasteiger partial charge in [-0.15, -0.1) is 0 Å². The third-order valence-corrected chi connectivity index (χ3v) is 19.6. The summed E-state index contributed by atoms with van der Waals surface area (Å²) in [5.74, 6) is 0. The fraction of sp³-hybridized carbons (Fsp3) is 0. The normalized spacial score (nSPS) is 13.0. The predicted molar refractivity (Wildman–Crippen MR) is 353 cm³/mol. The monoisotopic (exact) mass is 1050 g/mol. The molecule has 0 aliphatic carbocycles. The summed E-state index contributed by atoms with van der Waals surface area (Å²) < 4.78 is 10.5. The van der Waals surface area contributed by atoms with Gasteiger partial charge in [0.15, 0.2) is 0 Å². The summed E-state index contributed by atoms with van der Waals surface area (Å²) in [5, 5.41) is 25.4. The number of benzene rings is 15. The van der Waals surface area contributed by atoms with E-state index in [4.69, 9.17) is 0 Å². The minimum absolute atomic E-state index is 0.145. The second-order valence-electron chi connectivity index (χ2n) is 23.4. The molecule has 2 aliphatic heterocycles. The maximum atomic E-state index is 2.70. The molecule has 0 bridgehead atoms. The summed E-state index contributed by atoms with van der Waals surface area (Å²) in [6, 6.07) is 99.3. The molecule has 4 nitrogen and oxygen atoms in total. The fourth-order valence-electron chi connectivity index (χ4n) is 16.6. The fourth-order valence-corrected chi connectivity index (χ4v) is 16.6. The lowest BCUT2D eigenvalue weighted by atomic mass is 9.34. The summed E-state index contributed by atoms with van der Waals surface area (Å²) in [6.45, 7) is -0.145. The maximum absolute atomic E-state index is 2.70. The predicted octanol–water partition coefficient (Wildman–Crippen LogP) is 18.1.